The van der Waals surface area contributed by atoms with Crippen molar-refractivity contribution in [1.82, 2.24) is 14.7 Å². The topological polar surface area (TPSA) is 105 Å². The van der Waals surface area contributed by atoms with Gasteiger partial charge in [-0.1, -0.05) is 18.2 Å². The molecule has 27 heavy (non-hydrogen) atoms. The molecule has 0 saturated carbocycles. The van der Waals surface area contributed by atoms with E-state index in [1.165, 1.54) is 0 Å². The molecule has 0 bridgehead atoms. The summed E-state index contributed by atoms with van der Waals surface area (Å²) in [6, 6.07) is 9.27. The van der Waals surface area contributed by atoms with Gasteiger partial charge in [-0.25, -0.2) is 0 Å². The highest BCUT2D eigenvalue weighted by atomic mass is 16.4. The Morgan fingerprint density at radius 3 is 2.89 bits per heavy atom. The zero-order chi connectivity index (χ0) is 19.0. The number of carboxylic acid groups (broad SMARTS) is 1. The summed E-state index contributed by atoms with van der Waals surface area (Å²) in [5.41, 5.74) is 3.17. The van der Waals surface area contributed by atoms with Crippen LogP contribution in [-0.2, 0) is 33.9 Å². The van der Waals surface area contributed by atoms with E-state index < -0.39 is 11.9 Å². The Balaban J connectivity index is 1.51. The van der Waals surface area contributed by atoms with Gasteiger partial charge in [0.25, 0.3) is 0 Å². The fourth-order valence-corrected chi connectivity index (χ4v) is 3.72. The maximum Gasteiger partial charge on any atom is 0.303 e. The zero-order valence-electron chi connectivity index (χ0n) is 14.7. The number of para-hydroxylation sites is 1. The van der Waals surface area contributed by atoms with Crippen LogP contribution in [-0.4, -0.2) is 44.1 Å². The lowest BCUT2D eigenvalue weighted by molar-refractivity contribution is -0.137. The number of fused-ring (bicyclic) bond motifs is 2. The zero-order valence-corrected chi connectivity index (χ0v) is 14.7. The lowest BCUT2D eigenvalue weighted by atomic mass is 9.89. The normalized spacial score (nSPS) is 18.4. The Morgan fingerprint density at radius 1 is 1.26 bits per heavy atom. The number of carbonyl (C=O) groups is 3. The second-order valence-electron chi connectivity index (χ2n) is 6.90. The van der Waals surface area contributed by atoms with Crippen LogP contribution < -0.4 is 5.32 Å². The highest BCUT2D eigenvalue weighted by Gasteiger charge is 2.34. The number of hydrogen-bond acceptors (Lipinski definition) is 4. The highest BCUT2D eigenvalue weighted by Crippen LogP contribution is 2.34. The largest absolute Gasteiger partial charge is 0.481 e. The molecule has 2 aromatic rings. The van der Waals surface area contributed by atoms with Gasteiger partial charge in [0.15, 0.2) is 0 Å². The van der Waals surface area contributed by atoms with Gasteiger partial charge in [-0.15, -0.1) is 0 Å². The van der Waals surface area contributed by atoms with Crippen molar-refractivity contribution in [3.63, 3.8) is 0 Å². The van der Waals surface area contributed by atoms with Crippen molar-refractivity contribution in [2.75, 3.05) is 11.9 Å². The van der Waals surface area contributed by atoms with Gasteiger partial charge >= 0.3 is 5.97 Å². The SMILES string of the molecule is O=C(O)CCc1cc2n(n1)CCN(C(=O)[C@@H]1CC(=O)Nc3ccccc31)C2. The Hall–Kier alpha value is -3.16. The highest BCUT2D eigenvalue weighted by molar-refractivity contribution is 6.01. The van der Waals surface area contributed by atoms with Gasteiger partial charge in [-0.05, 0) is 17.7 Å². The summed E-state index contributed by atoms with van der Waals surface area (Å²) in [7, 11) is 0. The number of benzene rings is 1. The van der Waals surface area contributed by atoms with E-state index in [4.69, 9.17) is 5.11 Å². The van der Waals surface area contributed by atoms with Gasteiger partial charge in [0.2, 0.25) is 11.8 Å². The van der Waals surface area contributed by atoms with Crippen LogP contribution in [0, 0.1) is 0 Å². The number of amides is 2. The molecule has 1 atom stereocenters. The van der Waals surface area contributed by atoms with Crippen LogP contribution in [0.3, 0.4) is 0 Å². The molecule has 8 heteroatoms. The van der Waals surface area contributed by atoms with Crippen molar-refractivity contribution < 1.29 is 19.5 Å². The number of carboxylic acids is 1. The van der Waals surface area contributed by atoms with Crippen LogP contribution in [0.5, 0.6) is 0 Å². The quantitative estimate of drug-likeness (QED) is 0.848. The van der Waals surface area contributed by atoms with Gasteiger partial charge in [-0.2, -0.15) is 5.10 Å². The van der Waals surface area contributed by atoms with E-state index in [0.717, 1.165) is 17.0 Å². The summed E-state index contributed by atoms with van der Waals surface area (Å²) in [6.45, 7) is 1.50. The number of nitrogens with one attached hydrogen (secondary N) is 1. The van der Waals surface area contributed by atoms with Gasteiger partial charge in [0.1, 0.15) is 0 Å². The predicted molar refractivity (Wildman–Crippen MR) is 96.0 cm³/mol. The molecule has 140 valence electrons. The van der Waals surface area contributed by atoms with E-state index in [0.29, 0.717) is 31.7 Å². The van der Waals surface area contributed by atoms with Crippen LogP contribution in [0.2, 0.25) is 0 Å². The number of nitrogens with zero attached hydrogens (tertiary/aromatic N) is 3. The molecule has 0 spiro atoms. The lowest BCUT2D eigenvalue weighted by Gasteiger charge is -2.33. The van der Waals surface area contributed by atoms with E-state index in [1.807, 2.05) is 35.0 Å². The van der Waals surface area contributed by atoms with E-state index in [9.17, 15) is 14.4 Å². The number of anilines is 1. The summed E-state index contributed by atoms with van der Waals surface area (Å²) in [5, 5.41) is 16.1. The Morgan fingerprint density at radius 2 is 2.07 bits per heavy atom. The monoisotopic (exact) mass is 368 g/mol. The Labute approximate surface area is 155 Å². The molecule has 2 aliphatic heterocycles. The first-order chi connectivity index (χ1) is 13.0. The number of carbonyl (C=O) groups excluding carboxylic acids is 2. The average molecular weight is 368 g/mol. The number of rotatable bonds is 4. The molecule has 0 aliphatic carbocycles. The van der Waals surface area contributed by atoms with Crippen molar-refractivity contribution in [3.8, 4) is 0 Å². The van der Waals surface area contributed by atoms with Crippen molar-refractivity contribution in [2.24, 2.45) is 0 Å². The van der Waals surface area contributed by atoms with Gasteiger partial charge < -0.3 is 15.3 Å². The molecule has 0 unspecified atom stereocenters. The molecule has 1 aromatic heterocycles. The minimum absolute atomic E-state index is 0.0348. The molecule has 1 aromatic carbocycles. The Kier molecular flexibility index (Phi) is 4.39. The fraction of sp³-hybridized carbons (Fsp3) is 0.368. The Bertz CT molecular complexity index is 920. The smallest absolute Gasteiger partial charge is 0.303 e. The molecular weight excluding hydrogens is 348 g/mol. The molecule has 8 nitrogen and oxygen atoms in total. The van der Waals surface area contributed by atoms with Crippen molar-refractivity contribution >= 4 is 23.5 Å². The average Bonchev–Trinajstić information content (AvgIpc) is 3.07. The second kappa shape index (κ2) is 6.86. The molecule has 3 heterocycles. The number of aliphatic carboxylic acids is 1. The molecular formula is C19H20N4O4. The van der Waals surface area contributed by atoms with Crippen LogP contribution in [0.15, 0.2) is 30.3 Å². The summed E-state index contributed by atoms with van der Waals surface area (Å²) in [5.74, 6) is -1.54. The van der Waals surface area contributed by atoms with E-state index in [2.05, 4.69) is 10.4 Å². The van der Waals surface area contributed by atoms with Crippen molar-refractivity contribution in [2.45, 2.75) is 38.3 Å². The number of hydrogen-bond donors (Lipinski definition) is 2. The summed E-state index contributed by atoms with van der Waals surface area (Å²) >= 11 is 0. The van der Waals surface area contributed by atoms with E-state index >= 15 is 0 Å². The first-order valence-corrected chi connectivity index (χ1v) is 8.96. The molecule has 2 amide bonds. The van der Waals surface area contributed by atoms with E-state index in [1.54, 1.807) is 4.90 Å². The minimum atomic E-state index is -0.855. The summed E-state index contributed by atoms with van der Waals surface area (Å²) in [4.78, 5) is 37.6. The third kappa shape index (κ3) is 3.42. The van der Waals surface area contributed by atoms with Crippen LogP contribution >= 0.6 is 0 Å². The first kappa shape index (κ1) is 17.3. The molecule has 0 saturated heterocycles. The van der Waals surface area contributed by atoms with Gasteiger partial charge in [-0.3, -0.25) is 19.1 Å². The van der Waals surface area contributed by atoms with Crippen LogP contribution in [0.25, 0.3) is 0 Å². The number of aromatic nitrogens is 2. The summed E-state index contributed by atoms with van der Waals surface area (Å²) < 4.78 is 1.84. The van der Waals surface area contributed by atoms with Crippen molar-refractivity contribution in [3.05, 3.63) is 47.3 Å². The molecule has 0 fully saturated rings. The third-order valence-electron chi connectivity index (χ3n) is 5.05. The number of aryl methyl sites for hydroxylation is 1. The van der Waals surface area contributed by atoms with Gasteiger partial charge in [0.05, 0.1) is 36.8 Å². The molecule has 4 rings (SSSR count). The molecule has 2 aliphatic rings. The molecule has 0 radical (unpaired) electrons. The minimum Gasteiger partial charge on any atom is -0.481 e. The standard InChI is InChI=1S/C19H20N4O4/c24-17-10-15(14-3-1-2-4-16(14)20-17)19(27)22-7-8-23-13(11-22)9-12(21-23)5-6-18(25)26/h1-4,9,15H,5-8,10-11H2,(H,20,24)(H,25,26)/t15-/m1/s1. The van der Waals surface area contributed by atoms with Gasteiger partial charge in [0, 0.05) is 25.1 Å². The maximum atomic E-state index is 13.1. The predicted octanol–water partition coefficient (Wildman–Crippen LogP) is 1.37. The van der Waals surface area contributed by atoms with E-state index in [-0.39, 0.29) is 24.7 Å². The molecule has 2 N–H and O–H groups in total. The fourth-order valence-electron chi connectivity index (χ4n) is 3.72. The maximum absolute atomic E-state index is 13.1. The summed E-state index contributed by atoms with van der Waals surface area (Å²) in [6.07, 6.45) is 0.558. The van der Waals surface area contributed by atoms with Crippen LogP contribution in [0.1, 0.15) is 35.7 Å². The first-order valence-electron chi connectivity index (χ1n) is 8.96. The lowest BCUT2D eigenvalue weighted by Crippen LogP contribution is -2.42. The van der Waals surface area contributed by atoms with Crippen LogP contribution in [0.4, 0.5) is 5.69 Å². The third-order valence-corrected chi connectivity index (χ3v) is 5.05. The van der Waals surface area contributed by atoms with Crippen molar-refractivity contribution in [1.29, 1.82) is 0 Å². The second-order valence-corrected chi connectivity index (χ2v) is 6.90.